The van der Waals surface area contributed by atoms with Crippen molar-refractivity contribution in [3.8, 4) is 5.88 Å². The summed E-state index contributed by atoms with van der Waals surface area (Å²) in [6, 6.07) is 7.99. The number of hydrogen-bond acceptors (Lipinski definition) is 5. The van der Waals surface area contributed by atoms with Crippen molar-refractivity contribution in [1.29, 1.82) is 0 Å². The second-order valence-electron chi connectivity index (χ2n) is 5.56. The molecule has 3 N–H and O–H groups in total. The molecule has 128 valence electrons. The van der Waals surface area contributed by atoms with Gasteiger partial charge in [0.05, 0.1) is 19.8 Å². The predicted molar refractivity (Wildman–Crippen MR) is 95.4 cm³/mol. The maximum Gasteiger partial charge on any atom is 0.213 e. The van der Waals surface area contributed by atoms with Crippen LogP contribution in [0.2, 0.25) is 0 Å². The van der Waals surface area contributed by atoms with Crippen LogP contribution in [-0.4, -0.2) is 36.8 Å². The summed E-state index contributed by atoms with van der Waals surface area (Å²) >= 11 is 1.75. The molecule has 3 rings (SSSR count). The third kappa shape index (κ3) is 5.21. The zero-order valence-electron chi connectivity index (χ0n) is 13.5. The molecule has 1 aliphatic heterocycles. The second-order valence-corrected chi connectivity index (χ2v) is 6.60. The SMILES string of the molecule is NC(=NCc1ccnc(OC2CCOC2)c1)NCCc1cccs1. The molecule has 0 aromatic carbocycles. The molecule has 0 spiro atoms. The van der Waals surface area contributed by atoms with Gasteiger partial charge in [0.1, 0.15) is 6.10 Å². The maximum atomic E-state index is 5.91. The molecule has 3 heterocycles. The second kappa shape index (κ2) is 8.65. The minimum Gasteiger partial charge on any atom is -0.472 e. The predicted octanol–water partition coefficient (Wildman–Crippen LogP) is 1.96. The van der Waals surface area contributed by atoms with E-state index in [2.05, 4.69) is 32.8 Å². The van der Waals surface area contributed by atoms with E-state index in [9.17, 15) is 0 Å². The monoisotopic (exact) mass is 346 g/mol. The quantitative estimate of drug-likeness (QED) is 0.592. The molecule has 1 unspecified atom stereocenters. The number of rotatable bonds is 7. The summed E-state index contributed by atoms with van der Waals surface area (Å²) in [7, 11) is 0. The number of thiophene rings is 1. The minimum atomic E-state index is 0.0974. The van der Waals surface area contributed by atoms with Crippen LogP contribution in [0.4, 0.5) is 0 Å². The Bertz CT molecular complexity index is 654. The first kappa shape index (κ1) is 16.7. The number of hydrogen-bond donors (Lipinski definition) is 2. The fraction of sp³-hybridized carbons (Fsp3) is 0.412. The van der Waals surface area contributed by atoms with Crippen LogP contribution in [0, 0.1) is 0 Å². The van der Waals surface area contributed by atoms with E-state index >= 15 is 0 Å². The lowest BCUT2D eigenvalue weighted by atomic mass is 10.2. The van der Waals surface area contributed by atoms with Crippen LogP contribution in [0.25, 0.3) is 0 Å². The van der Waals surface area contributed by atoms with Crippen molar-refractivity contribution in [2.45, 2.75) is 25.5 Å². The number of ether oxygens (including phenoxy) is 2. The Morgan fingerprint density at radius 1 is 1.50 bits per heavy atom. The van der Waals surface area contributed by atoms with Crippen LogP contribution < -0.4 is 15.8 Å². The molecule has 0 amide bonds. The molecule has 2 aromatic heterocycles. The van der Waals surface area contributed by atoms with E-state index in [-0.39, 0.29) is 6.10 Å². The van der Waals surface area contributed by atoms with E-state index in [4.69, 9.17) is 15.2 Å². The molecule has 0 bridgehead atoms. The van der Waals surface area contributed by atoms with Gasteiger partial charge < -0.3 is 20.5 Å². The first-order valence-corrected chi connectivity index (χ1v) is 8.93. The summed E-state index contributed by atoms with van der Waals surface area (Å²) in [6.45, 7) is 2.66. The summed E-state index contributed by atoms with van der Waals surface area (Å²) in [6.07, 6.45) is 3.69. The molecule has 24 heavy (non-hydrogen) atoms. The first-order valence-electron chi connectivity index (χ1n) is 8.05. The highest BCUT2D eigenvalue weighted by molar-refractivity contribution is 7.09. The number of guanidine groups is 1. The summed E-state index contributed by atoms with van der Waals surface area (Å²) in [5.41, 5.74) is 6.93. The van der Waals surface area contributed by atoms with Gasteiger partial charge in [0, 0.05) is 30.1 Å². The summed E-state index contributed by atoms with van der Waals surface area (Å²) < 4.78 is 11.1. The zero-order valence-corrected chi connectivity index (χ0v) is 14.3. The van der Waals surface area contributed by atoms with Gasteiger partial charge in [-0.1, -0.05) is 6.07 Å². The van der Waals surface area contributed by atoms with Crippen molar-refractivity contribution in [2.24, 2.45) is 10.7 Å². The number of nitrogens with one attached hydrogen (secondary N) is 1. The molecule has 7 heteroatoms. The minimum absolute atomic E-state index is 0.0974. The highest BCUT2D eigenvalue weighted by Gasteiger charge is 2.17. The van der Waals surface area contributed by atoms with Gasteiger partial charge in [0.15, 0.2) is 5.96 Å². The molecule has 0 aliphatic carbocycles. The molecule has 1 aliphatic rings. The largest absolute Gasteiger partial charge is 0.472 e. The van der Waals surface area contributed by atoms with Gasteiger partial charge in [-0.3, -0.25) is 0 Å². The summed E-state index contributed by atoms with van der Waals surface area (Å²) in [5, 5.41) is 5.21. The standard InChI is InChI=1S/C17H22N4O2S/c18-17(20-7-4-15-2-1-9-24-15)21-11-13-3-6-19-16(10-13)23-14-5-8-22-12-14/h1-3,6,9-10,14H,4-5,7-8,11-12H2,(H3,18,20,21). The first-order chi connectivity index (χ1) is 11.8. The van der Waals surface area contributed by atoms with E-state index in [1.54, 1.807) is 17.5 Å². The Kier molecular flexibility index (Phi) is 6.03. The molecular formula is C17H22N4O2S. The van der Waals surface area contributed by atoms with Crippen molar-refractivity contribution in [1.82, 2.24) is 10.3 Å². The fourth-order valence-electron chi connectivity index (χ4n) is 2.39. The van der Waals surface area contributed by atoms with Gasteiger partial charge in [-0.2, -0.15) is 0 Å². The van der Waals surface area contributed by atoms with Gasteiger partial charge in [-0.05, 0) is 29.5 Å². The van der Waals surface area contributed by atoms with Crippen molar-refractivity contribution in [3.05, 3.63) is 46.3 Å². The lowest BCUT2D eigenvalue weighted by Crippen LogP contribution is -2.33. The maximum absolute atomic E-state index is 5.91. The molecule has 0 radical (unpaired) electrons. The van der Waals surface area contributed by atoms with Crippen molar-refractivity contribution in [3.63, 3.8) is 0 Å². The molecule has 1 fully saturated rings. The van der Waals surface area contributed by atoms with Crippen LogP contribution >= 0.6 is 11.3 Å². The lowest BCUT2D eigenvalue weighted by Gasteiger charge is -2.11. The number of aliphatic imine (C=N–C) groups is 1. The number of nitrogens with two attached hydrogens (primary N) is 1. The van der Waals surface area contributed by atoms with E-state index in [1.807, 2.05) is 12.1 Å². The summed E-state index contributed by atoms with van der Waals surface area (Å²) in [4.78, 5) is 9.94. The van der Waals surface area contributed by atoms with E-state index < -0.39 is 0 Å². The Morgan fingerprint density at radius 3 is 3.25 bits per heavy atom. The van der Waals surface area contributed by atoms with Gasteiger partial charge in [0.2, 0.25) is 5.88 Å². The molecule has 1 atom stereocenters. The summed E-state index contributed by atoms with van der Waals surface area (Å²) in [5.74, 6) is 1.07. The van der Waals surface area contributed by atoms with Crippen LogP contribution in [0.5, 0.6) is 5.88 Å². The Morgan fingerprint density at radius 2 is 2.46 bits per heavy atom. The molecule has 1 saturated heterocycles. The number of pyridine rings is 1. The van der Waals surface area contributed by atoms with Crippen LogP contribution in [0.1, 0.15) is 16.9 Å². The smallest absolute Gasteiger partial charge is 0.213 e. The Balaban J connectivity index is 1.45. The van der Waals surface area contributed by atoms with Crippen molar-refractivity contribution in [2.75, 3.05) is 19.8 Å². The lowest BCUT2D eigenvalue weighted by molar-refractivity contribution is 0.138. The number of nitrogens with zero attached hydrogens (tertiary/aromatic N) is 2. The zero-order chi connectivity index (χ0) is 16.6. The van der Waals surface area contributed by atoms with Gasteiger partial charge in [-0.25, -0.2) is 9.98 Å². The normalized spacial score (nSPS) is 17.8. The van der Waals surface area contributed by atoms with E-state index in [0.717, 1.165) is 31.6 Å². The topological polar surface area (TPSA) is 81.8 Å². The van der Waals surface area contributed by atoms with Crippen LogP contribution in [0.3, 0.4) is 0 Å². The average molecular weight is 346 g/mol. The Labute approximate surface area is 145 Å². The van der Waals surface area contributed by atoms with Gasteiger partial charge >= 0.3 is 0 Å². The molecule has 6 nitrogen and oxygen atoms in total. The van der Waals surface area contributed by atoms with E-state index in [0.29, 0.717) is 25.0 Å². The third-order valence-corrected chi connectivity index (χ3v) is 4.60. The van der Waals surface area contributed by atoms with Gasteiger partial charge in [0.25, 0.3) is 0 Å². The van der Waals surface area contributed by atoms with Crippen molar-refractivity contribution < 1.29 is 9.47 Å². The Hall–Kier alpha value is -2.12. The van der Waals surface area contributed by atoms with E-state index in [1.165, 1.54) is 4.88 Å². The molecule has 2 aromatic rings. The molecule has 0 saturated carbocycles. The van der Waals surface area contributed by atoms with Crippen LogP contribution in [0.15, 0.2) is 40.8 Å². The highest BCUT2D eigenvalue weighted by atomic mass is 32.1. The average Bonchev–Trinajstić information content (AvgIpc) is 3.27. The van der Waals surface area contributed by atoms with Crippen molar-refractivity contribution >= 4 is 17.3 Å². The number of aromatic nitrogens is 1. The van der Waals surface area contributed by atoms with Gasteiger partial charge in [-0.15, -0.1) is 11.3 Å². The third-order valence-electron chi connectivity index (χ3n) is 3.66. The van der Waals surface area contributed by atoms with Crippen LogP contribution in [-0.2, 0) is 17.7 Å². The molecular weight excluding hydrogens is 324 g/mol. The highest BCUT2D eigenvalue weighted by Crippen LogP contribution is 2.16. The fourth-order valence-corrected chi connectivity index (χ4v) is 3.10.